The molecular formula is C8H18ClN3. The Morgan fingerprint density at radius 3 is 2.67 bits per heavy atom. The van der Waals surface area contributed by atoms with Crippen LogP contribution in [0.4, 0.5) is 0 Å². The average Bonchev–Trinajstić information content (AvgIpc) is 1.94. The van der Waals surface area contributed by atoms with Crippen LogP contribution in [0.3, 0.4) is 0 Å². The van der Waals surface area contributed by atoms with E-state index in [1.165, 1.54) is 13.0 Å². The van der Waals surface area contributed by atoms with E-state index in [-0.39, 0.29) is 12.4 Å². The van der Waals surface area contributed by atoms with Gasteiger partial charge in [0.2, 0.25) is 0 Å². The third kappa shape index (κ3) is 2.64. The van der Waals surface area contributed by atoms with Crippen LogP contribution in [0.15, 0.2) is 4.99 Å². The second-order valence-electron chi connectivity index (χ2n) is 3.50. The van der Waals surface area contributed by atoms with Crippen molar-refractivity contribution in [2.75, 3.05) is 33.7 Å². The Morgan fingerprint density at radius 1 is 1.50 bits per heavy atom. The Hall–Kier alpha value is -0.280. The highest BCUT2D eigenvalue weighted by Crippen LogP contribution is 2.06. The minimum Gasteiger partial charge on any atom is -1.00 e. The number of rotatable bonds is 1. The summed E-state index contributed by atoms with van der Waals surface area (Å²) in [6.45, 7) is 5.27. The van der Waals surface area contributed by atoms with Crippen LogP contribution in [0, 0.1) is 0 Å². The summed E-state index contributed by atoms with van der Waals surface area (Å²) in [7, 11) is 4.39. The van der Waals surface area contributed by atoms with Gasteiger partial charge in [0.15, 0.2) is 0 Å². The van der Waals surface area contributed by atoms with E-state index in [0.29, 0.717) is 0 Å². The van der Waals surface area contributed by atoms with E-state index < -0.39 is 0 Å². The molecule has 0 unspecified atom stereocenters. The normalized spacial score (nSPS) is 20.8. The molecule has 1 aliphatic heterocycles. The lowest BCUT2D eigenvalue weighted by atomic mass is 10.3. The summed E-state index contributed by atoms with van der Waals surface area (Å²) in [5.74, 6) is 1.14. The van der Waals surface area contributed by atoms with Gasteiger partial charge in [0, 0.05) is 13.0 Å². The van der Waals surface area contributed by atoms with Crippen LogP contribution in [-0.4, -0.2) is 44.2 Å². The Labute approximate surface area is 80.9 Å². The molecule has 1 rings (SSSR count). The Morgan fingerprint density at radius 2 is 2.17 bits per heavy atom. The molecule has 0 aromatic rings. The first-order chi connectivity index (χ1) is 5.17. The summed E-state index contributed by atoms with van der Waals surface area (Å²) in [6, 6.07) is 0. The van der Waals surface area contributed by atoms with E-state index >= 15 is 0 Å². The summed E-state index contributed by atoms with van der Waals surface area (Å²) < 4.78 is 0.911. The van der Waals surface area contributed by atoms with Gasteiger partial charge in [-0.2, -0.15) is 0 Å². The van der Waals surface area contributed by atoms with Crippen molar-refractivity contribution in [2.24, 2.45) is 4.99 Å². The molecular weight excluding hydrogens is 174 g/mol. The minimum atomic E-state index is 0. The maximum absolute atomic E-state index is 4.45. The van der Waals surface area contributed by atoms with Gasteiger partial charge in [0.25, 0.3) is 5.96 Å². The number of quaternary nitrogens is 1. The fraction of sp³-hybridized carbons (Fsp3) is 0.875. The molecule has 0 spiro atoms. The molecule has 4 heteroatoms. The lowest BCUT2D eigenvalue weighted by molar-refractivity contribution is -0.804. The highest BCUT2D eigenvalue weighted by atomic mass is 35.5. The molecule has 0 fully saturated rings. The molecule has 0 atom stereocenters. The van der Waals surface area contributed by atoms with Crippen molar-refractivity contribution in [1.29, 1.82) is 0 Å². The van der Waals surface area contributed by atoms with Crippen LogP contribution in [0.1, 0.15) is 13.3 Å². The van der Waals surface area contributed by atoms with E-state index in [4.69, 9.17) is 0 Å². The maximum atomic E-state index is 4.45. The molecule has 0 radical (unpaired) electrons. The average molecular weight is 192 g/mol. The number of aliphatic imine (C=N–C) groups is 1. The number of halogens is 1. The summed E-state index contributed by atoms with van der Waals surface area (Å²) >= 11 is 0. The molecule has 1 aliphatic rings. The summed E-state index contributed by atoms with van der Waals surface area (Å²) in [6.07, 6.45) is 1.21. The smallest absolute Gasteiger partial charge is 0.297 e. The summed E-state index contributed by atoms with van der Waals surface area (Å²) in [5, 5.41) is 3.30. The molecule has 1 heterocycles. The van der Waals surface area contributed by atoms with Crippen molar-refractivity contribution in [3.05, 3.63) is 0 Å². The monoisotopic (exact) mass is 191 g/mol. The van der Waals surface area contributed by atoms with Gasteiger partial charge in [-0.15, -0.1) is 0 Å². The lowest BCUT2D eigenvalue weighted by Crippen LogP contribution is -3.00. The van der Waals surface area contributed by atoms with Gasteiger partial charge in [-0.3, -0.25) is 4.48 Å². The summed E-state index contributed by atoms with van der Waals surface area (Å²) in [5.41, 5.74) is 0. The van der Waals surface area contributed by atoms with Gasteiger partial charge < -0.3 is 17.7 Å². The van der Waals surface area contributed by atoms with Gasteiger partial charge >= 0.3 is 0 Å². The molecule has 0 aromatic carbocycles. The molecule has 0 aromatic heterocycles. The molecule has 12 heavy (non-hydrogen) atoms. The molecule has 0 aliphatic carbocycles. The van der Waals surface area contributed by atoms with Crippen LogP contribution in [0.2, 0.25) is 0 Å². The minimum absolute atomic E-state index is 0. The van der Waals surface area contributed by atoms with Crippen molar-refractivity contribution in [1.82, 2.24) is 5.32 Å². The Kier molecular flexibility index (Phi) is 4.57. The van der Waals surface area contributed by atoms with E-state index in [9.17, 15) is 0 Å². The zero-order valence-electron chi connectivity index (χ0n) is 8.10. The number of hydrogen-bond donors (Lipinski definition) is 1. The number of nitrogens with zero attached hydrogens (tertiary/aromatic N) is 2. The lowest BCUT2D eigenvalue weighted by Gasteiger charge is -2.32. The third-order valence-electron chi connectivity index (χ3n) is 2.05. The first kappa shape index (κ1) is 11.7. The molecule has 72 valence electrons. The highest BCUT2D eigenvalue weighted by molar-refractivity contribution is 5.73. The van der Waals surface area contributed by atoms with Crippen molar-refractivity contribution in [3.63, 3.8) is 0 Å². The van der Waals surface area contributed by atoms with Gasteiger partial charge in [-0.25, -0.2) is 4.99 Å². The van der Waals surface area contributed by atoms with Crippen molar-refractivity contribution in [3.8, 4) is 0 Å². The molecule has 0 saturated heterocycles. The number of hydrogen-bond acceptors (Lipinski definition) is 2. The van der Waals surface area contributed by atoms with E-state index in [0.717, 1.165) is 23.5 Å². The van der Waals surface area contributed by atoms with Gasteiger partial charge in [0.05, 0.1) is 27.2 Å². The summed E-state index contributed by atoms with van der Waals surface area (Å²) in [4.78, 5) is 4.45. The standard InChI is InChI=1S/C8H18N3.ClH/c1-4-9-8-10-6-5-7-11(8,2)3;/h4-7H2,1-3H3,(H,9,10);1H/q+1;/p-1. The van der Waals surface area contributed by atoms with Crippen LogP contribution in [-0.2, 0) is 0 Å². The molecule has 0 saturated carbocycles. The molecule has 0 amide bonds. The van der Waals surface area contributed by atoms with Gasteiger partial charge in [0.1, 0.15) is 0 Å². The highest BCUT2D eigenvalue weighted by Gasteiger charge is 2.25. The second kappa shape index (κ2) is 4.67. The van der Waals surface area contributed by atoms with E-state index in [1.807, 2.05) is 0 Å². The Balaban J connectivity index is 0.00000121. The predicted molar refractivity (Wildman–Crippen MR) is 47.6 cm³/mol. The van der Waals surface area contributed by atoms with Crippen molar-refractivity contribution < 1.29 is 16.9 Å². The zero-order valence-corrected chi connectivity index (χ0v) is 8.86. The predicted octanol–water partition coefficient (Wildman–Crippen LogP) is -2.56. The second-order valence-corrected chi connectivity index (χ2v) is 3.50. The SMILES string of the molecule is CCNC1=NCCC[N+]1(C)C.[Cl-]. The van der Waals surface area contributed by atoms with Crippen molar-refractivity contribution >= 4 is 5.96 Å². The van der Waals surface area contributed by atoms with Crippen LogP contribution >= 0.6 is 0 Å². The first-order valence-corrected chi connectivity index (χ1v) is 4.28. The maximum Gasteiger partial charge on any atom is 0.297 e. The fourth-order valence-corrected chi connectivity index (χ4v) is 1.38. The van der Waals surface area contributed by atoms with E-state index in [2.05, 4.69) is 31.3 Å². The first-order valence-electron chi connectivity index (χ1n) is 4.28. The topological polar surface area (TPSA) is 24.4 Å². The van der Waals surface area contributed by atoms with Crippen LogP contribution in [0.5, 0.6) is 0 Å². The van der Waals surface area contributed by atoms with Gasteiger partial charge in [-0.1, -0.05) is 0 Å². The molecule has 0 bridgehead atoms. The largest absolute Gasteiger partial charge is 1.00 e. The van der Waals surface area contributed by atoms with Crippen LogP contribution < -0.4 is 17.7 Å². The third-order valence-corrected chi connectivity index (χ3v) is 2.05. The van der Waals surface area contributed by atoms with Gasteiger partial charge in [-0.05, 0) is 6.92 Å². The van der Waals surface area contributed by atoms with Crippen molar-refractivity contribution in [2.45, 2.75) is 13.3 Å². The van der Waals surface area contributed by atoms with E-state index in [1.54, 1.807) is 0 Å². The Bertz CT molecular complexity index is 166. The fourth-order valence-electron chi connectivity index (χ4n) is 1.38. The van der Waals surface area contributed by atoms with Crippen LogP contribution in [0.25, 0.3) is 0 Å². The number of guanidine groups is 1. The quantitative estimate of drug-likeness (QED) is 0.453. The number of nitrogens with one attached hydrogen (secondary N) is 1. The molecule has 1 N–H and O–H groups in total. The zero-order chi connectivity index (χ0) is 8.32. The molecule has 3 nitrogen and oxygen atoms in total.